The molecule has 1 aliphatic carbocycles. The van der Waals surface area contributed by atoms with Gasteiger partial charge in [0.15, 0.2) is 0 Å². The van der Waals surface area contributed by atoms with Crippen LogP contribution >= 0.6 is 0 Å². The molecule has 0 bridgehead atoms. The summed E-state index contributed by atoms with van der Waals surface area (Å²) in [5.41, 5.74) is 2.96. The number of Topliss-reactive ketones (excluding diaryl/α,β-unsaturated/α-hetero) is 1. The van der Waals surface area contributed by atoms with E-state index in [1.807, 2.05) is 0 Å². The summed E-state index contributed by atoms with van der Waals surface area (Å²) in [5, 5.41) is 0. The number of rotatable bonds is 3. The second-order valence-electron chi connectivity index (χ2n) is 5.87. The Morgan fingerprint density at radius 2 is 1.78 bits per heavy atom. The quantitative estimate of drug-likeness (QED) is 0.816. The predicted octanol–water partition coefficient (Wildman–Crippen LogP) is 2.94. The van der Waals surface area contributed by atoms with Crippen LogP contribution in [0.25, 0.3) is 0 Å². The Kier molecular flexibility index (Phi) is 3.86. The summed E-state index contributed by atoms with van der Waals surface area (Å²) < 4.78 is 0. The Bertz CT molecular complexity index is 426. The number of nitrogens with zero attached hydrogens (tertiary/aromatic N) is 1. The van der Waals surface area contributed by atoms with Crippen molar-refractivity contribution in [3.63, 3.8) is 0 Å². The summed E-state index contributed by atoms with van der Waals surface area (Å²) in [6, 6.07) is 8.64. The molecule has 2 heteroatoms. The van der Waals surface area contributed by atoms with Crippen LogP contribution in [0.5, 0.6) is 0 Å². The first-order valence-electron chi connectivity index (χ1n) is 6.76. The Labute approximate surface area is 110 Å². The summed E-state index contributed by atoms with van der Waals surface area (Å²) >= 11 is 0. The fourth-order valence-electron chi connectivity index (χ4n) is 3.29. The molecule has 0 aliphatic heterocycles. The molecule has 18 heavy (non-hydrogen) atoms. The van der Waals surface area contributed by atoms with Crippen LogP contribution in [-0.4, -0.2) is 31.3 Å². The van der Waals surface area contributed by atoms with E-state index in [4.69, 9.17) is 0 Å². The molecular formula is C16H23NO. The first-order valence-corrected chi connectivity index (χ1v) is 6.76. The van der Waals surface area contributed by atoms with Gasteiger partial charge in [0.05, 0.1) is 0 Å². The van der Waals surface area contributed by atoms with Gasteiger partial charge in [0.1, 0.15) is 5.78 Å². The summed E-state index contributed by atoms with van der Waals surface area (Å²) in [6.45, 7) is 3.22. The number of ketones is 1. The second-order valence-corrected chi connectivity index (χ2v) is 5.87. The topological polar surface area (TPSA) is 20.3 Å². The average Bonchev–Trinajstić information content (AvgIpc) is 2.32. The van der Waals surface area contributed by atoms with E-state index >= 15 is 0 Å². The highest BCUT2D eigenvalue weighted by atomic mass is 16.1. The SMILES string of the molecule is Cc1ccccc1C1(CN(C)C)CCC(=O)CC1. The second kappa shape index (κ2) is 5.23. The van der Waals surface area contributed by atoms with Crippen molar-refractivity contribution >= 4 is 5.78 Å². The van der Waals surface area contributed by atoms with Crippen LogP contribution in [-0.2, 0) is 10.2 Å². The van der Waals surface area contributed by atoms with E-state index in [9.17, 15) is 4.79 Å². The van der Waals surface area contributed by atoms with Gasteiger partial charge < -0.3 is 4.90 Å². The monoisotopic (exact) mass is 245 g/mol. The first kappa shape index (κ1) is 13.3. The summed E-state index contributed by atoms with van der Waals surface area (Å²) in [6.07, 6.45) is 3.47. The van der Waals surface area contributed by atoms with E-state index in [0.717, 1.165) is 32.2 Å². The lowest BCUT2D eigenvalue weighted by molar-refractivity contribution is -0.121. The minimum atomic E-state index is 0.169. The number of benzene rings is 1. The van der Waals surface area contributed by atoms with Crippen LogP contribution in [0, 0.1) is 6.92 Å². The molecule has 2 nitrogen and oxygen atoms in total. The third-order valence-electron chi connectivity index (χ3n) is 4.10. The van der Waals surface area contributed by atoms with E-state index in [1.165, 1.54) is 11.1 Å². The minimum Gasteiger partial charge on any atom is -0.309 e. The Morgan fingerprint density at radius 1 is 1.17 bits per heavy atom. The molecule has 1 aromatic rings. The molecule has 1 saturated carbocycles. The molecule has 1 aromatic carbocycles. The van der Waals surface area contributed by atoms with Gasteiger partial charge in [-0.15, -0.1) is 0 Å². The summed E-state index contributed by atoms with van der Waals surface area (Å²) in [7, 11) is 4.24. The van der Waals surface area contributed by atoms with Gasteiger partial charge in [-0.05, 0) is 45.0 Å². The average molecular weight is 245 g/mol. The van der Waals surface area contributed by atoms with Gasteiger partial charge in [-0.1, -0.05) is 24.3 Å². The molecule has 2 rings (SSSR count). The van der Waals surface area contributed by atoms with Crippen molar-refractivity contribution in [1.29, 1.82) is 0 Å². The molecule has 0 radical (unpaired) electrons. The molecule has 98 valence electrons. The number of carbonyl (C=O) groups excluding carboxylic acids is 1. The van der Waals surface area contributed by atoms with Crippen LogP contribution in [0.4, 0.5) is 0 Å². The Hall–Kier alpha value is -1.15. The van der Waals surface area contributed by atoms with Crippen LogP contribution in [0.15, 0.2) is 24.3 Å². The molecule has 1 aliphatic rings. The standard InChI is InChI=1S/C16H23NO/c1-13-6-4-5-7-15(13)16(12-17(2)3)10-8-14(18)9-11-16/h4-7H,8-12H2,1-3H3. The fourth-order valence-corrected chi connectivity index (χ4v) is 3.29. The van der Waals surface area contributed by atoms with Crippen LogP contribution < -0.4 is 0 Å². The number of likely N-dealkylation sites (N-methyl/N-ethyl adjacent to an activating group) is 1. The molecule has 0 aromatic heterocycles. The Morgan fingerprint density at radius 3 is 2.33 bits per heavy atom. The molecule has 0 unspecified atom stereocenters. The highest BCUT2D eigenvalue weighted by molar-refractivity contribution is 5.79. The fraction of sp³-hybridized carbons (Fsp3) is 0.562. The minimum absolute atomic E-state index is 0.169. The van der Waals surface area contributed by atoms with E-state index in [0.29, 0.717) is 5.78 Å². The van der Waals surface area contributed by atoms with E-state index < -0.39 is 0 Å². The van der Waals surface area contributed by atoms with Gasteiger partial charge in [0.25, 0.3) is 0 Å². The van der Waals surface area contributed by atoms with Crippen LogP contribution in [0.1, 0.15) is 36.8 Å². The number of hydrogen-bond acceptors (Lipinski definition) is 2. The van der Waals surface area contributed by atoms with Gasteiger partial charge in [-0.2, -0.15) is 0 Å². The highest BCUT2D eigenvalue weighted by Crippen LogP contribution is 2.40. The molecule has 0 atom stereocenters. The highest BCUT2D eigenvalue weighted by Gasteiger charge is 2.37. The normalized spacial score (nSPS) is 19.2. The van der Waals surface area contributed by atoms with E-state index in [1.54, 1.807) is 0 Å². The van der Waals surface area contributed by atoms with Crippen molar-refractivity contribution in [2.45, 2.75) is 38.0 Å². The van der Waals surface area contributed by atoms with Crippen molar-refractivity contribution in [3.05, 3.63) is 35.4 Å². The zero-order valence-corrected chi connectivity index (χ0v) is 11.7. The van der Waals surface area contributed by atoms with Gasteiger partial charge in [0, 0.05) is 24.8 Å². The molecule has 0 amide bonds. The van der Waals surface area contributed by atoms with Crippen molar-refractivity contribution in [3.8, 4) is 0 Å². The lowest BCUT2D eigenvalue weighted by atomic mass is 9.67. The van der Waals surface area contributed by atoms with Crippen molar-refractivity contribution < 1.29 is 4.79 Å². The number of hydrogen-bond donors (Lipinski definition) is 0. The molecule has 1 fully saturated rings. The third kappa shape index (κ3) is 2.64. The van der Waals surface area contributed by atoms with Crippen molar-refractivity contribution in [1.82, 2.24) is 4.90 Å². The molecule has 0 spiro atoms. The third-order valence-corrected chi connectivity index (χ3v) is 4.10. The van der Waals surface area contributed by atoms with Gasteiger partial charge in [-0.3, -0.25) is 4.79 Å². The zero-order chi connectivity index (χ0) is 13.2. The van der Waals surface area contributed by atoms with Crippen molar-refractivity contribution in [2.75, 3.05) is 20.6 Å². The molecule has 0 heterocycles. The first-order chi connectivity index (χ1) is 8.53. The van der Waals surface area contributed by atoms with E-state index in [2.05, 4.69) is 50.2 Å². The maximum absolute atomic E-state index is 11.5. The predicted molar refractivity (Wildman–Crippen MR) is 74.9 cm³/mol. The lowest BCUT2D eigenvalue weighted by Crippen LogP contribution is -2.41. The van der Waals surface area contributed by atoms with Crippen molar-refractivity contribution in [2.24, 2.45) is 0 Å². The molecule has 0 N–H and O–H groups in total. The van der Waals surface area contributed by atoms with Gasteiger partial charge >= 0.3 is 0 Å². The molecular weight excluding hydrogens is 222 g/mol. The lowest BCUT2D eigenvalue weighted by Gasteiger charge is -2.40. The van der Waals surface area contributed by atoms with Gasteiger partial charge in [-0.25, -0.2) is 0 Å². The Balaban J connectivity index is 2.36. The molecule has 0 saturated heterocycles. The largest absolute Gasteiger partial charge is 0.309 e. The summed E-state index contributed by atoms with van der Waals surface area (Å²) in [5.74, 6) is 0.429. The zero-order valence-electron chi connectivity index (χ0n) is 11.7. The maximum atomic E-state index is 11.5. The van der Waals surface area contributed by atoms with Crippen LogP contribution in [0.2, 0.25) is 0 Å². The van der Waals surface area contributed by atoms with E-state index in [-0.39, 0.29) is 5.41 Å². The number of aryl methyl sites for hydroxylation is 1. The smallest absolute Gasteiger partial charge is 0.132 e. The summed E-state index contributed by atoms with van der Waals surface area (Å²) in [4.78, 5) is 13.8. The van der Waals surface area contributed by atoms with Crippen LogP contribution in [0.3, 0.4) is 0 Å². The number of carbonyl (C=O) groups is 1. The maximum Gasteiger partial charge on any atom is 0.132 e. The van der Waals surface area contributed by atoms with Gasteiger partial charge in [0.2, 0.25) is 0 Å².